The molecule has 0 unspecified atom stereocenters. The zero-order valence-electron chi connectivity index (χ0n) is 18.5. The summed E-state index contributed by atoms with van der Waals surface area (Å²) >= 11 is 0. The molecule has 0 heterocycles. The predicted molar refractivity (Wildman–Crippen MR) is 131 cm³/mol. The van der Waals surface area contributed by atoms with Gasteiger partial charge in [-0.05, 0) is 80.3 Å². The predicted octanol–water partition coefficient (Wildman–Crippen LogP) is 3.74. The summed E-state index contributed by atoms with van der Waals surface area (Å²) in [5.41, 5.74) is 1.92. The Kier molecular flexibility index (Phi) is 6.74. The van der Waals surface area contributed by atoms with Gasteiger partial charge in [0.15, 0.2) is 0 Å². The summed E-state index contributed by atoms with van der Waals surface area (Å²) in [6, 6.07) is 18.5. The van der Waals surface area contributed by atoms with E-state index in [2.05, 4.69) is 14.8 Å². The van der Waals surface area contributed by atoms with Crippen LogP contribution in [0.2, 0.25) is 0 Å². The molecule has 0 aliphatic heterocycles. The molecule has 0 radical (unpaired) electrons. The Balaban J connectivity index is 1.41. The molecule has 3 aromatic carbocycles. The number of sulfonamides is 2. The number of anilines is 2. The third kappa shape index (κ3) is 6.02. The average molecular weight is 500 g/mol. The summed E-state index contributed by atoms with van der Waals surface area (Å²) in [5, 5.41) is 2.69. The van der Waals surface area contributed by atoms with Gasteiger partial charge in [0, 0.05) is 23.5 Å². The average Bonchev–Trinajstić information content (AvgIpc) is 3.64. The Morgan fingerprint density at radius 2 is 1.47 bits per heavy atom. The molecule has 3 aromatic rings. The molecule has 3 N–H and O–H groups in total. The van der Waals surface area contributed by atoms with Gasteiger partial charge in [-0.15, -0.1) is 0 Å². The van der Waals surface area contributed by atoms with Crippen molar-refractivity contribution >= 4 is 37.3 Å². The number of benzene rings is 3. The number of aryl methyl sites for hydroxylation is 1. The minimum atomic E-state index is -3.73. The fraction of sp³-hybridized carbons (Fsp3) is 0.208. The number of rotatable bonds is 9. The monoisotopic (exact) mass is 499 g/mol. The molecule has 1 saturated carbocycles. The first-order valence-corrected chi connectivity index (χ1v) is 13.7. The van der Waals surface area contributed by atoms with Crippen LogP contribution in [0.25, 0.3) is 0 Å². The first-order valence-electron chi connectivity index (χ1n) is 10.7. The van der Waals surface area contributed by atoms with Gasteiger partial charge in [0.1, 0.15) is 0 Å². The van der Waals surface area contributed by atoms with Gasteiger partial charge in [-0.2, -0.15) is 0 Å². The van der Waals surface area contributed by atoms with Crippen molar-refractivity contribution in [1.82, 2.24) is 4.72 Å². The molecule has 10 heteroatoms. The van der Waals surface area contributed by atoms with Crippen LogP contribution >= 0.6 is 0 Å². The maximum Gasteiger partial charge on any atom is 0.261 e. The summed E-state index contributed by atoms with van der Waals surface area (Å²) in [4.78, 5) is 12.8. The summed E-state index contributed by atoms with van der Waals surface area (Å²) in [6.07, 6.45) is 2.05. The first-order chi connectivity index (χ1) is 16.1. The lowest BCUT2D eigenvalue weighted by molar-refractivity contribution is 0.102. The second-order valence-corrected chi connectivity index (χ2v) is 11.7. The Morgan fingerprint density at radius 1 is 0.824 bits per heavy atom. The molecule has 0 bridgehead atoms. The molecule has 1 aliphatic carbocycles. The number of hydrogen-bond donors (Lipinski definition) is 3. The van der Waals surface area contributed by atoms with Gasteiger partial charge in [-0.1, -0.05) is 23.8 Å². The normalized spacial score (nSPS) is 13.9. The highest BCUT2D eigenvalue weighted by Crippen LogP contribution is 2.28. The van der Waals surface area contributed by atoms with Gasteiger partial charge >= 0.3 is 0 Å². The van der Waals surface area contributed by atoms with Gasteiger partial charge in [-0.25, -0.2) is 21.6 Å². The van der Waals surface area contributed by atoms with Crippen molar-refractivity contribution in [3.8, 4) is 0 Å². The van der Waals surface area contributed by atoms with Gasteiger partial charge in [0.2, 0.25) is 10.0 Å². The molecule has 8 nitrogen and oxygen atoms in total. The zero-order chi connectivity index (χ0) is 24.3. The van der Waals surface area contributed by atoms with Crippen LogP contribution in [-0.2, 0) is 20.0 Å². The highest BCUT2D eigenvalue weighted by molar-refractivity contribution is 7.92. The fourth-order valence-corrected chi connectivity index (χ4v) is 5.41. The third-order valence-electron chi connectivity index (χ3n) is 5.39. The van der Waals surface area contributed by atoms with E-state index in [1.165, 1.54) is 48.5 Å². The van der Waals surface area contributed by atoms with Crippen molar-refractivity contribution in [3.05, 3.63) is 83.9 Å². The van der Waals surface area contributed by atoms with Gasteiger partial charge in [-0.3, -0.25) is 9.52 Å². The Bertz CT molecular complexity index is 1400. The number of hydrogen-bond acceptors (Lipinski definition) is 5. The SMILES string of the molecule is Cc1ccc(S(=O)(=O)Nc2ccc(NC(=O)c3cccc(S(=O)(=O)NCC4CC4)c3)cc2)cc1. The summed E-state index contributed by atoms with van der Waals surface area (Å²) in [5.74, 6) is -0.0853. The van der Waals surface area contributed by atoms with Crippen LogP contribution in [-0.4, -0.2) is 29.3 Å². The molecule has 1 aliphatic rings. The molecule has 0 spiro atoms. The smallest absolute Gasteiger partial charge is 0.261 e. The highest BCUT2D eigenvalue weighted by Gasteiger charge is 2.24. The summed E-state index contributed by atoms with van der Waals surface area (Å²) < 4.78 is 55.1. The maximum atomic E-state index is 12.7. The molecule has 34 heavy (non-hydrogen) atoms. The number of nitrogens with one attached hydrogen (secondary N) is 3. The van der Waals surface area contributed by atoms with Crippen LogP contribution in [0.15, 0.2) is 82.6 Å². The second-order valence-electron chi connectivity index (χ2n) is 8.27. The molecule has 0 aromatic heterocycles. The zero-order valence-corrected chi connectivity index (χ0v) is 20.1. The van der Waals surface area contributed by atoms with E-state index in [1.807, 2.05) is 6.92 Å². The maximum absolute atomic E-state index is 12.7. The molecule has 178 valence electrons. The van der Waals surface area contributed by atoms with Gasteiger partial charge in [0.05, 0.1) is 9.79 Å². The van der Waals surface area contributed by atoms with Crippen molar-refractivity contribution in [2.75, 3.05) is 16.6 Å². The standard InChI is InChI=1S/C24H25N3O5S2/c1-17-5-13-22(14-6-17)34(31,32)27-21-11-9-20(10-12-21)26-24(28)19-3-2-4-23(15-19)33(29,30)25-16-18-7-8-18/h2-6,9-15,18,25,27H,7-8,16H2,1H3,(H,26,28). The summed E-state index contributed by atoms with van der Waals surface area (Å²) in [6.45, 7) is 2.27. The molecule has 0 saturated heterocycles. The van der Waals surface area contributed by atoms with E-state index >= 15 is 0 Å². The van der Waals surface area contributed by atoms with Crippen LogP contribution in [0.1, 0.15) is 28.8 Å². The van der Waals surface area contributed by atoms with Crippen LogP contribution in [0.4, 0.5) is 11.4 Å². The minimum Gasteiger partial charge on any atom is -0.322 e. The Morgan fingerprint density at radius 3 is 2.12 bits per heavy atom. The van der Waals surface area contributed by atoms with E-state index in [9.17, 15) is 21.6 Å². The lowest BCUT2D eigenvalue weighted by Gasteiger charge is -2.11. The van der Waals surface area contributed by atoms with Crippen molar-refractivity contribution in [2.24, 2.45) is 5.92 Å². The van der Waals surface area contributed by atoms with Crippen LogP contribution in [0, 0.1) is 12.8 Å². The third-order valence-corrected chi connectivity index (χ3v) is 8.21. The van der Waals surface area contributed by atoms with E-state index in [4.69, 9.17) is 0 Å². The van der Waals surface area contributed by atoms with Crippen LogP contribution < -0.4 is 14.8 Å². The number of carbonyl (C=O) groups is 1. The number of amides is 1. The number of carbonyl (C=O) groups excluding carboxylic acids is 1. The fourth-order valence-electron chi connectivity index (χ4n) is 3.19. The topological polar surface area (TPSA) is 121 Å². The Hall–Kier alpha value is -3.21. The molecule has 1 amide bonds. The molecule has 0 atom stereocenters. The minimum absolute atomic E-state index is 0.0293. The van der Waals surface area contributed by atoms with E-state index in [0.29, 0.717) is 23.8 Å². The quantitative estimate of drug-likeness (QED) is 0.414. The molecule has 4 rings (SSSR count). The van der Waals surface area contributed by atoms with E-state index < -0.39 is 26.0 Å². The van der Waals surface area contributed by atoms with Crippen molar-refractivity contribution in [3.63, 3.8) is 0 Å². The van der Waals surface area contributed by atoms with Crippen molar-refractivity contribution in [2.45, 2.75) is 29.6 Å². The van der Waals surface area contributed by atoms with E-state index in [0.717, 1.165) is 18.4 Å². The van der Waals surface area contributed by atoms with E-state index in [1.54, 1.807) is 24.3 Å². The molecular weight excluding hydrogens is 474 g/mol. The van der Waals surface area contributed by atoms with Crippen LogP contribution in [0.3, 0.4) is 0 Å². The largest absolute Gasteiger partial charge is 0.322 e. The lowest BCUT2D eigenvalue weighted by atomic mass is 10.2. The Labute approximate surface area is 199 Å². The van der Waals surface area contributed by atoms with Gasteiger partial charge < -0.3 is 5.32 Å². The van der Waals surface area contributed by atoms with Crippen molar-refractivity contribution in [1.29, 1.82) is 0 Å². The summed E-state index contributed by atoms with van der Waals surface area (Å²) in [7, 11) is -7.42. The van der Waals surface area contributed by atoms with Crippen LogP contribution in [0.5, 0.6) is 0 Å². The van der Waals surface area contributed by atoms with E-state index in [-0.39, 0.29) is 15.4 Å². The highest BCUT2D eigenvalue weighted by atomic mass is 32.2. The molecular formula is C24H25N3O5S2. The first kappa shape index (κ1) is 23.9. The molecule has 1 fully saturated rings. The van der Waals surface area contributed by atoms with Crippen molar-refractivity contribution < 1.29 is 21.6 Å². The lowest BCUT2D eigenvalue weighted by Crippen LogP contribution is -2.26. The second kappa shape index (κ2) is 9.57. The van der Waals surface area contributed by atoms with Gasteiger partial charge in [0.25, 0.3) is 15.9 Å².